The number of hydrogen-bond donors (Lipinski definition) is 3. The second kappa shape index (κ2) is 10.3. The van der Waals surface area contributed by atoms with Crippen molar-refractivity contribution < 1.29 is 13.3 Å². The summed E-state index contributed by atoms with van der Waals surface area (Å²) in [4.78, 5) is 14.0. The van der Waals surface area contributed by atoms with Crippen molar-refractivity contribution in [3.63, 3.8) is 0 Å². The molecule has 0 radical (unpaired) electrons. The quantitative estimate of drug-likeness (QED) is 0.128. The number of aliphatic imine (C=N–C) groups is 1. The average molecular weight is 519 g/mol. The molecule has 11 heteroatoms. The largest absolute Gasteiger partial charge is 0.370 e. The van der Waals surface area contributed by atoms with Gasteiger partial charge in [-0.1, -0.05) is 12.1 Å². The first-order valence-electron chi connectivity index (χ1n) is 8.07. The minimum atomic E-state index is -3.87. The Kier molecular flexibility index (Phi) is 8.78. The van der Waals surface area contributed by atoms with Crippen molar-refractivity contribution in [2.24, 2.45) is 10.7 Å². The third kappa shape index (κ3) is 6.73. The van der Waals surface area contributed by atoms with Gasteiger partial charge in [0.1, 0.15) is 0 Å². The fourth-order valence-corrected chi connectivity index (χ4v) is 3.27. The van der Waals surface area contributed by atoms with Crippen LogP contribution in [0.25, 0.3) is 0 Å². The predicted molar refractivity (Wildman–Crippen MR) is 120 cm³/mol. The highest BCUT2D eigenvalue weighted by molar-refractivity contribution is 14.0. The summed E-state index contributed by atoms with van der Waals surface area (Å²) >= 11 is 0. The van der Waals surface area contributed by atoms with Crippen LogP contribution >= 0.6 is 24.0 Å². The fourth-order valence-electron chi connectivity index (χ4n) is 2.21. The molecule has 0 saturated carbocycles. The zero-order valence-corrected chi connectivity index (χ0v) is 18.5. The Labute approximate surface area is 180 Å². The van der Waals surface area contributed by atoms with Crippen LogP contribution in [0.1, 0.15) is 11.1 Å². The van der Waals surface area contributed by atoms with E-state index in [1.165, 1.54) is 18.2 Å². The van der Waals surface area contributed by atoms with Crippen LogP contribution in [0.5, 0.6) is 0 Å². The van der Waals surface area contributed by atoms with Crippen molar-refractivity contribution in [3.8, 4) is 0 Å². The van der Waals surface area contributed by atoms with Crippen molar-refractivity contribution in [1.82, 2.24) is 4.72 Å². The number of hydrogen-bond acceptors (Lipinski definition) is 5. The van der Waals surface area contributed by atoms with E-state index >= 15 is 0 Å². The highest BCUT2D eigenvalue weighted by Gasteiger charge is 2.16. The molecule has 9 nitrogen and oxygen atoms in total. The molecule has 0 aliphatic rings. The van der Waals surface area contributed by atoms with E-state index in [1.54, 1.807) is 0 Å². The van der Waals surface area contributed by atoms with Crippen LogP contribution in [0.3, 0.4) is 0 Å². The summed E-state index contributed by atoms with van der Waals surface area (Å²) < 4.78 is 26.7. The highest BCUT2D eigenvalue weighted by atomic mass is 127. The first-order chi connectivity index (χ1) is 12.7. The molecule has 2 aromatic rings. The number of halogens is 1. The van der Waals surface area contributed by atoms with Gasteiger partial charge >= 0.3 is 0 Å². The molecule has 2 aromatic carbocycles. The van der Waals surface area contributed by atoms with E-state index in [0.29, 0.717) is 0 Å². The number of aryl methyl sites for hydroxylation is 2. The summed E-state index contributed by atoms with van der Waals surface area (Å²) in [7, 11) is -3.87. The van der Waals surface area contributed by atoms with E-state index in [2.05, 4.69) is 15.0 Å². The maximum atomic E-state index is 12.2. The number of benzene rings is 2. The standard InChI is InChI=1S/C17H21N5O4S.HI/c1-12-6-7-14(10-13(12)2)21-17(18)19-8-9-20-27(25,26)16-5-3-4-15(11-16)22(23)24;/h3-7,10-11,20H,8-9H2,1-2H3,(H3,18,19,21);1H. The molecule has 0 heterocycles. The van der Waals surface area contributed by atoms with Crippen LogP contribution in [-0.2, 0) is 10.0 Å². The van der Waals surface area contributed by atoms with E-state index < -0.39 is 14.9 Å². The molecule has 152 valence electrons. The lowest BCUT2D eigenvalue weighted by Crippen LogP contribution is -2.28. The van der Waals surface area contributed by atoms with Crippen LogP contribution in [0.4, 0.5) is 11.4 Å². The monoisotopic (exact) mass is 519 g/mol. The summed E-state index contributed by atoms with van der Waals surface area (Å²) in [6, 6.07) is 10.6. The van der Waals surface area contributed by atoms with Gasteiger partial charge in [-0.15, -0.1) is 24.0 Å². The average Bonchev–Trinajstić information content (AvgIpc) is 2.62. The molecule has 0 atom stereocenters. The first kappa shape index (κ1) is 23.8. The van der Waals surface area contributed by atoms with Gasteiger partial charge in [-0.05, 0) is 43.2 Å². The highest BCUT2D eigenvalue weighted by Crippen LogP contribution is 2.17. The summed E-state index contributed by atoms with van der Waals surface area (Å²) in [5.74, 6) is 0.160. The molecule has 0 aromatic heterocycles. The zero-order chi connectivity index (χ0) is 20.0. The second-order valence-corrected chi connectivity index (χ2v) is 7.61. The van der Waals surface area contributed by atoms with Crippen molar-refractivity contribution in [2.75, 3.05) is 18.4 Å². The number of nitro groups is 1. The third-order valence-corrected chi connectivity index (χ3v) is 5.26. The topological polar surface area (TPSA) is 140 Å². The molecule has 0 bridgehead atoms. The molecule has 0 aliphatic heterocycles. The number of nitrogens with one attached hydrogen (secondary N) is 2. The van der Waals surface area contributed by atoms with Crippen molar-refractivity contribution in [2.45, 2.75) is 18.7 Å². The number of anilines is 1. The maximum Gasteiger partial charge on any atom is 0.270 e. The van der Waals surface area contributed by atoms with E-state index in [1.807, 2.05) is 32.0 Å². The third-order valence-electron chi connectivity index (χ3n) is 3.80. The molecule has 28 heavy (non-hydrogen) atoms. The Bertz CT molecular complexity index is 979. The van der Waals surface area contributed by atoms with E-state index in [4.69, 9.17) is 5.73 Å². The van der Waals surface area contributed by atoms with Gasteiger partial charge in [0.25, 0.3) is 5.69 Å². The minimum absolute atomic E-state index is 0. The summed E-state index contributed by atoms with van der Waals surface area (Å²) in [5.41, 5.74) is 8.56. The molecule has 0 unspecified atom stereocenters. The molecule has 0 fully saturated rings. The molecule has 4 N–H and O–H groups in total. The maximum absolute atomic E-state index is 12.2. The van der Waals surface area contributed by atoms with Gasteiger partial charge < -0.3 is 11.1 Å². The van der Waals surface area contributed by atoms with Gasteiger partial charge in [0.15, 0.2) is 5.96 Å². The molecule has 0 spiro atoms. The van der Waals surface area contributed by atoms with Gasteiger partial charge in [-0.3, -0.25) is 15.1 Å². The first-order valence-corrected chi connectivity index (χ1v) is 9.55. The Hall–Kier alpha value is -2.25. The van der Waals surface area contributed by atoms with Crippen LogP contribution in [-0.4, -0.2) is 32.4 Å². The number of sulfonamides is 1. The van der Waals surface area contributed by atoms with Crippen LogP contribution in [0.2, 0.25) is 0 Å². The molecule has 2 rings (SSSR count). The molecule has 0 saturated heterocycles. The molecular weight excluding hydrogens is 497 g/mol. The smallest absolute Gasteiger partial charge is 0.270 e. The van der Waals surface area contributed by atoms with Gasteiger partial charge in [0.2, 0.25) is 10.0 Å². The van der Waals surface area contributed by atoms with E-state index in [0.717, 1.165) is 22.9 Å². The summed E-state index contributed by atoms with van der Waals surface area (Å²) in [5, 5.41) is 13.7. The van der Waals surface area contributed by atoms with Crippen molar-refractivity contribution in [3.05, 3.63) is 63.7 Å². The summed E-state index contributed by atoms with van der Waals surface area (Å²) in [6.45, 7) is 4.10. The number of nitrogens with zero attached hydrogens (tertiary/aromatic N) is 2. The van der Waals surface area contributed by atoms with Gasteiger partial charge in [-0.2, -0.15) is 0 Å². The summed E-state index contributed by atoms with van der Waals surface area (Å²) in [6.07, 6.45) is 0. The number of nitro benzene ring substituents is 1. The Morgan fingerprint density at radius 2 is 1.89 bits per heavy atom. The van der Waals surface area contributed by atoms with Crippen LogP contribution in [0.15, 0.2) is 52.4 Å². The van der Waals surface area contributed by atoms with Crippen LogP contribution < -0.4 is 15.8 Å². The molecule has 0 amide bonds. The lowest BCUT2D eigenvalue weighted by atomic mass is 10.1. The van der Waals surface area contributed by atoms with E-state index in [-0.39, 0.29) is 53.6 Å². The van der Waals surface area contributed by atoms with Gasteiger partial charge in [0.05, 0.1) is 16.4 Å². The van der Waals surface area contributed by atoms with Gasteiger partial charge in [0, 0.05) is 24.4 Å². The minimum Gasteiger partial charge on any atom is -0.370 e. The van der Waals surface area contributed by atoms with Crippen LogP contribution in [0, 0.1) is 24.0 Å². The lowest BCUT2D eigenvalue weighted by molar-refractivity contribution is -0.385. The molecule has 0 aliphatic carbocycles. The number of rotatable bonds is 7. The number of non-ortho nitro benzene ring substituents is 1. The second-order valence-electron chi connectivity index (χ2n) is 5.84. The Balaban J connectivity index is 0.00000392. The molecular formula is C17H22IN5O4S. The zero-order valence-electron chi connectivity index (χ0n) is 15.4. The fraction of sp³-hybridized carbons (Fsp3) is 0.235. The van der Waals surface area contributed by atoms with Crippen molar-refractivity contribution >= 4 is 51.3 Å². The van der Waals surface area contributed by atoms with E-state index in [9.17, 15) is 18.5 Å². The number of guanidine groups is 1. The predicted octanol–water partition coefficient (Wildman–Crippen LogP) is 2.53. The normalized spacial score (nSPS) is 11.6. The Morgan fingerprint density at radius 1 is 1.18 bits per heavy atom. The SMILES string of the molecule is Cc1ccc(NC(N)=NCCNS(=O)(=O)c2cccc([N+](=O)[O-])c2)cc1C.I. The lowest BCUT2D eigenvalue weighted by Gasteiger charge is -2.08. The van der Waals surface area contributed by atoms with Crippen molar-refractivity contribution in [1.29, 1.82) is 0 Å². The Morgan fingerprint density at radius 3 is 2.54 bits per heavy atom. The van der Waals surface area contributed by atoms with Gasteiger partial charge in [-0.25, -0.2) is 13.1 Å². The number of nitrogens with two attached hydrogens (primary N) is 1.